The molecule has 0 bridgehead atoms. The minimum atomic E-state index is -4.73. The van der Waals surface area contributed by atoms with Crippen LogP contribution in [0.25, 0.3) is 0 Å². The first-order chi connectivity index (χ1) is 10.7. The first-order valence-corrected chi connectivity index (χ1v) is 6.88. The summed E-state index contributed by atoms with van der Waals surface area (Å²) in [6.07, 6.45) is -4.77. The number of carboxylic acid groups (broad SMARTS) is 1. The molecule has 8 heteroatoms. The maximum Gasteiger partial charge on any atom is 0.417 e. The standard InChI is InChI=1S/C15H16F3NO4/c1-2-9(20)7-8-12(14(22)23)19-13(21)10-5-3-4-6-11(10)15(16,17)18/h3-6,12H,2,7-8H2,1H3,(H,19,21)(H,22,23)/t12-/m1/s1. The van der Waals surface area contributed by atoms with Crippen LogP contribution in [0.5, 0.6) is 0 Å². The first-order valence-electron chi connectivity index (χ1n) is 6.88. The van der Waals surface area contributed by atoms with Gasteiger partial charge in [0.05, 0.1) is 11.1 Å². The number of carboxylic acids is 1. The van der Waals surface area contributed by atoms with Crippen molar-refractivity contribution >= 4 is 17.7 Å². The van der Waals surface area contributed by atoms with E-state index in [1.807, 2.05) is 5.32 Å². The highest BCUT2D eigenvalue weighted by atomic mass is 19.4. The summed E-state index contributed by atoms with van der Waals surface area (Å²) in [6, 6.07) is 2.66. The molecule has 0 saturated carbocycles. The zero-order valence-electron chi connectivity index (χ0n) is 12.3. The van der Waals surface area contributed by atoms with Crippen molar-refractivity contribution < 1.29 is 32.7 Å². The molecule has 1 amide bonds. The van der Waals surface area contributed by atoms with Crippen molar-refractivity contribution in [3.8, 4) is 0 Å². The molecule has 0 fully saturated rings. The monoisotopic (exact) mass is 331 g/mol. The zero-order chi connectivity index (χ0) is 17.6. The number of carbonyl (C=O) groups excluding carboxylic acids is 2. The summed E-state index contributed by atoms with van der Waals surface area (Å²) >= 11 is 0. The van der Waals surface area contributed by atoms with Crippen LogP contribution in [0.2, 0.25) is 0 Å². The molecular weight excluding hydrogens is 315 g/mol. The molecule has 2 N–H and O–H groups in total. The van der Waals surface area contributed by atoms with Crippen molar-refractivity contribution in [2.75, 3.05) is 0 Å². The predicted molar refractivity (Wildman–Crippen MR) is 74.9 cm³/mol. The summed E-state index contributed by atoms with van der Waals surface area (Å²) in [5, 5.41) is 11.1. The highest BCUT2D eigenvalue weighted by Gasteiger charge is 2.35. The van der Waals surface area contributed by atoms with Crippen molar-refractivity contribution in [2.45, 2.75) is 38.4 Å². The fourth-order valence-corrected chi connectivity index (χ4v) is 1.90. The van der Waals surface area contributed by atoms with Gasteiger partial charge in [-0.25, -0.2) is 4.79 Å². The van der Waals surface area contributed by atoms with Crippen LogP contribution in [0, 0.1) is 0 Å². The molecule has 5 nitrogen and oxygen atoms in total. The summed E-state index contributed by atoms with van der Waals surface area (Å²) in [7, 11) is 0. The number of ketones is 1. The van der Waals surface area contributed by atoms with Gasteiger partial charge in [0.2, 0.25) is 0 Å². The van der Waals surface area contributed by atoms with Crippen molar-refractivity contribution in [3.63, 3.8) is 0 Å². The van der Waals surface area contributed by atoms with E-state index in [-0.39, 0.29) is 25.0 Å². The van der Waals surface area contributed by atoms with Crippen molar-refractivity contribution in [1.29, 1.82) is 0 Å². The number of hydrogen-bond donors (Lipinski definition) is 2. The molecule has 0 aliphatic rings. The Morgan fingerprint density at radius 1 is 1.22 bits per heavy atom. The molecule has 0 saturated heterocycles. The number of halogens is 3. The summed E-state index contributed by atoms with van der Waals surface area (Å²) < 4.78 is 38.6. The molecule has 1 rings (SSSR count). The molecule has 0 spiro atoms. The fraction of sp³-hybridized carbons (Fsp3) is 0.400. The lowest BCUT2D eigenvalue weighted by atomic mass is 10.0. The van der Waals surface area contributed by atoms with Crippen LogP contribution in [0.3, 0.4) is 0 Å². The molecule has 1 aromatic carbocycles. The molecule has 0 unspecified atom stereocenters. The van der Waals surface area contributed by atoms with Gasteiger partial charge in [-0.1, -0.05) is 19.1 Å². The fourth-order valence-electron chi connectivity index (χ4n) is 1.90. The lowest BCUT2D eigenvalue weighted by molar-refractivity contribution is -0.139. The highest BCUT2D eigenvalue weighted by Crippen LogP contribution is 2.31. The number of alkyl halides is 3. The molecule has 0 aromatic heterocycles. The third-order valence-corrected chi connectivity index (χ3v) is 3.19. The van der Waals surface area contributed by atoms with Gasteiger partial charge in [-0.3, -0.25) is 9.59 Å². The average Bonchev–Trinajstić information content (AvgIpc) is 2.49. The van der Waals surface area contributed by atoms with Crippen molar-refractivity contribution in [3.05, 3.63) is 35.4 Å². The normalized spacial score (nSPS) is 12.5. The second-order valence-corrected chi connectivity index (χ2v) is 4.84. The number of Topliss-reactive ketones (excluding diaryl/α,β-unsaturated/α-hetero) is 1. The topological polar surface area (TPSA) is 83.5 Å². The van der Waals surface area contributed by atoms with E-state index in [1.165, 1.54) is 6.07 Å². The first kappa shape index (κ1) is 18.7. The van der Waals surface area contributed by atoms with E-state index in [9.17, 15) is 27.6 Å². The number of hydrogen-bond acceptors (Lipinski definition) is 3. The number of carbonyl (C=O) groups is 3. The van der Waals surface area contributed by atoms with Crippen LogP contribution in [-0.4, -0.2) is 28.8 Å². The van der Waals surface area contributed by atoms with E-state index in [1.54, 1.807) is 6.92 Å². The Balaban J connectivity index is 2.92. The minimum absolute atomic E-state index is 0.0747. The Labute approximate surface area is 130 Å². The van der Waals surface area contributed by atoms with E-state index in [0.29, 0.717) is 0 Å². The summed E-state index contributed by atoms with van der Waals surface area (Å²) in [5.74, 6) is -2.75. The zero-order valence-corrected chi connectivity index (χ0v) is 12.3. The Hall–Kier alpha value is -2.38. The van der Waals surface area contributed by atoms with E-state index >= 15 is 0 Å². The van der Waals surface area contributed by atoms with Crippen LogP contribution in [0.15, 0.2) is 24.3 Å². The van der Waals surface area contributed by atoms with Crippen LogP contribution < -0.4 is 5.32 Å². The predicted octanol–water partition coefficient (Wildman–Crippen LogP) is 2.65. The van der Waals surface area contributed by atoms with Crippen LogP contribution in [0.4, 0.5) is 13.2 Å². The van der Waals surface area contributed by atoms with Crippen molar-refractivity contribution in [2.24, 2.45) is 0 Å². The maximum atomic E-state index is 12.9. The second-order valence-electron chi connectivity index (χ2n) is 4.84. The van der Waals surface area contributed by atoms with E-state index < -0.39 is 35.2 Å². The van der Waals surface area contributed by atoms with E-state index in [4.69, 9.17) is 5.11 Å². The molecule has 126 valence electrons. The lowest BCUT2D eigenvalue weighted by Crippen LogP contribution is -2.41. The molecule has 0 radical (unpaired) electrons. The summed E-state index contributed by atoms with van der Waals surface area (Å²) in [6.45, 7) is 1.61. The van der Waals surface area contributed by atoms with E-state index in [2.05, 4.69) is 0 Å². The van der Waals surface area contributed by atoms with Gasteiger partial charge >= 0.3 is 12.1 Å². The van der Waals surface area contributed by atoms with Crippen LogP contribution >= 0.6 is 0 Å². The summed E-state index contributed by atoms with van der Waals surface area (Å²) in [4.78, 5) is 34.3. The van der Waals surface area contributed by atoms with Gasteiger partial charge in [0.25, 0.3) is 5.91 Å². The third kappa shape index (κ3) is 5.39. The number of benzene rings is 1. The lowest BCUT2D eigenvalue weighted by Gasteiger charge is -2.16. The Bertz CT molecular complexity index is 599. The Morgan fingerprint density at radius 2 is 1.83 bits per heavy atom. The minimum Gasteiger partial charge on any atom is -0.480 e. The molecule has 23 heavy (non-hydrogen) atoms. The number of rotatable bonds is 7. The van der Waals surface area contributed by atoms with Gasteiger partial charge in [-0.2, -0.15) is 13.2 Å². The SMILES string of the molecule is CCC(=O)CC[C@@H](NC(=O)c1ccccc1C(F)(F)F)C(=O)O. The van der Waals surface area contributed by atoms with Gasteiger partial charge in [0.15, 0.2) is 0 Å². The molecule has 1 aromatic rings. The van der Waals surface area contributed by atoms with Gasteiger partial charge < -0.3 is 10.4 Å². The second kappa shape index (κ2) is 7.75. The average molecular weight is 331 g/mol. The smallest absolute Gasteiger partial charge is 0.417 e. The third-order valence-electron chi connectivity index (χ3n) is 3.19. The highest BCUT2D eigenvalue weighted by molar-refractivity contribution is 5.98. The summed E-state index contributed by atoms with van der Waals surface area (Å²) in [5.41, 5.74) is -1.81. The Morgan fingerprint density at radius 3 is 2.35 bits per heavy atom. The Kier molecular flexibility index (Phi) is 6.29. The molecular formula is C15H16F3NO4. The largest absolute Gasteiger partial charge is 0.480 e. The molecule has 1 atom stereocenters. The van der Waals surface area contributed by atoms with Crippen LogP contribution in [0.1, 0.15) is 42.1 Å². The van der Waals surface area contributed by atoms with Crippen molar-refractivity contribution in [1.82, 2.24) is 5.32 Å². The van der Waals surface area contributed by atoms with E-state index in [0.717, 1.165) is 18.2 Å². The molecule has 0 aliphatic carbocycles. The van der Waals surface area contributed by atoms with Gasteiger partial charge in [0, 0.05) is 12.8 Å². The van der Waals surface area contributed by atoms with Crippen LogP contribution in [-0.2, 0) is 15.8 Å². The van der Waals surface area contributed by atoms with Gasteiger partial charge in [-0.05, 0) is 18.6 Å². The number of amides is 1. The number of nitrogens with one attached hydrogen (secondary N) is 1. The number of aliphatic carboxylic acids is 1. The molecule has 0 heterocycles. The quantitative estimate of drug-likeness (QED) is 0.804. The maximum absolute atomic E-state index is 12.9. The molecule has 0 aliphatic heterocycles. The van der Waals surface area contributed by atoms with Gasteiger partial charge in [0.1, 0.15) is 11.8 Å². The van der Waals surface area contributed by atoms with Gasteiger partial charge in [-0.15, -0.1) is 0 Å².